The van der Waals surface area contributed by atoms with Gasteiger partial charge in [-0.25, -0.2) is 4.79 Å². The molecule has 17 heavy (non-hydrogen) atoms. The Kier molecular flexibility index (Phi) is 5.30. The largest absolute Gasteiger partial charge is 0.496 e. The summed E-state index contributed by atoms with van der Waals surface area (Å²) in [4.78, 5) is 10.5. The Balaban J connectivity index is 3.06. The Morgan fingerprint density at radius 2 is 2.24 bits per heavy atom. The zero-order valence-corrected chi connectivity index (χ0v) is 10.1. The molecule has 0 unspecified atom stereocenters. The highest BCUT2D eigenvalue weighted by molar-refractivity contribution is 6.19. The summed E-state index contributed by atoms with van der Waals surface area (Å²) in [6.07, 6.45) is 6.25. The van der Waals surface area contributed by atoms with Crippen LogP contribution < -0.4 is 4.74 Å². The van der Waals surface area contributed by atoms with Crippen molar-refractivity contribution in [2.75, 3.05) is 13.0 Å². The normalized spacial score (nSPS) is 11.2. The molecule has 1 N–H and O–H groups in total. The number of hydrogen-bond donors (Lipinski definition) is 1. The minimum Gasteiger partial charge on any atom is -0.496 e. The quantitative estimate of drug-likeness (QED) is 0.647. The molecule has 0 aliphatic rings. The number of allylic oxidation sites excluding steroid dienone is 1. The average molecular weight is 253 g/mol. The van der Waals surface area contributed by atoms with Crippen LogP contribution in [0, 0.1) is 0 Å². The lowest BCUT2D eigenvalue weighted by atomic mass is 10.1. The van der Waals surface area contributed by atoms with Gasteiger partial charge in [-0.3, -0.25) is 0 Å². The number of rotatable bonds is 5. The summed E-state index contributed by atoms with van der Waals surface area (Å²) in [5.74, 6) is 0.0751. The van der Waals surface area contributed by atoms with Crippen molar-refractivity contribution < 1.29 is 14.6 Å². The Bertz CT molecular complexity index is 450. The fourth-order valence-corrected chi connectivity index (χ4v) is 1.42. The van der Waals surface area contributed by atoms with Crippen molar-refractivity contribution in [1.29, 1.82) is 0 Å². The van der Waals surface area contributed by atoms with E-state index in [9.17, 15) is 4.79 Å². The highest BCUT2D eigenvalue weighted by Crippen LogP contribution is 2.22. The number of carboxylic acid groups (broad SMARTS) is 1. The van der Waals surface area contributed by atoms with Crippen LogP contribution in [0.4, 0.5) is 0 Å². The Labute approximate surface area is 105 Å². The fraction of sp³-hybridized carbons (Fsp3) is 0.154. The molecule has 0 fully saturated rings. The molecule has 0 bridgehead atoms. The molecular formula is C13H13ClO3. The van der Waals surface area contributed by atoms with Gasteiger partial charge >= 0.3 is 5.97 Å². The van der Waals surface area contributed by atoms with Crippen LogP contribution >= 0.6 is 11.6 Å². The first-order valence-electron chi connectivity index (χ1n) is 4.99. The van der Waals surface area contributed by atoms with Crippen molar-refractivity contribution in [3.63, 3.8) is 0 Å². The van der Waals surface area contributed by atoms with Crippen molar-refractivity contribution in [3.05, 3.63) is 41.5 Å². The zero-order chi connectivity index (χ0) is 12.7. The monoisotopic (exact) mass is 252 g/mol. The molecule has 90 valence electrons. The van der Waals surface area contributed by atoms with Crippen LogP contribution in [0.25, 0.3) is 12.2 Å². The number of methoxy groups -OCH3 is 1. The van der Waals surface area contributed by atoms with Crippen molar-refractivity contribution in [2.24, 2.45) is 0 Å². The molecule has 0 aliphatic heterocycles. The molecule has 4 heteroatoms. The number of carboxylic acids is 1. The molecule has 0 radical (unpaired) electrons. The summed E-state index contributed by atoms with van der Waals surface area (Å²) in [7, 11) is 1.54. The van der Waals surface area contributed by atoms with E-state index in [1.54, 1.807) is 13.2 Å². The van der Waals surface area contributed by atoms with Crippen LogP contribution in [-0.2, 0) is 4.79 Å². The molecular weight excluding hydrogens is 240 g/mol. The Hall–Kier alpha value is -1.74. The van der Waals surface area contributed by atoms with Crippen LogP contribution in [0.15, 0.2) is 30.4 Å². The third kappa shape index (κ3) is 4.33. The smallest absolute Gasteiger partial charge is 0.328 e. The van der Waals surface area contributed by atoms with Crippen molar-refractivity contribution in [2.45, 2.75) is 0 Å². The highest BCUT2D eigenvalue weighted by atomic mass is 35.5. The third-order valence-electron chi connectivity index (χ3n) is 2.06. The first kappa shape index (κ1) is 13.3. The number of halogens is 1. The van der Waals surface area contributed by atoms with Gasteiger partial charge in [-0.15, -0.1) is 11.6 Å². The molecule has 0 heterocycles. The summed E-state index contributed by atoms with van der Waals surface area (Å²) in [5, 5.41) is 8.59. The van der Waals surface area contributed by atoms with Gasteiger partial charge in [0.1, 0.15) is 5.75 Å². The zero-order valence-electron chi connectivity index (χ0n) is 9.39. The van der Waals surface area contributed by atoms with Gasteiger partial charge in [0.25, 0.3) is 0 Å². The van der Waals surface area contributed by atoms with E-state index in [0.717, 1.165) is 11.6 Å². The first-order chi connectivity index (χ1) is 8.17. The van der Waals surface area contributed by atoms with E-state index in [4.69, 9.17) is 21.4 Å². The lowest BCUT2D eigenvalue weighted by Crippen LogP contribution is -1.90. The second-order valence-corrected chi connectivity index (χ2v) is 3.54. The van der Waals surface area contributed by atoms with Crippen LogP contribution in [0.1, 0.15) is 11.1 Å². The molecule has 0 saturated carbocycles. The molecule has 3 nitrogen and oxygen atoms in total. The lowest BCUT2D eigenvalue weighted by molar-refractivity contribution is -0.131. The van der Waals surface area contributed by atoms with Crippen LogP contribution in [0.5, 0.6) is 5.75 Å². The standard InChI is InChI=1S/C13H13ClO3/c1-17-12-6-4-10(3-2-8-14)9-11(12)5-7-13(15)16/h2-7,9H,8H2,1H3,(H,15,16)/b3-2?,7-5+. The summed E-state index contributed by atoms with van der Waals surface area (Å²) in [6, 6.07) is 5.50. The van der Waals surface area contributed by atoms with E-state index in [1.165, 1.54) is 6.08 Å². The fourth-order valence-electron chi connectivity index (χ4n) is 1.33. The van der Waals surface area contributed by atoms with Gasteiger partial charge in [0.2, 0.25) is 0 Å². The van der Waals surface area contributed by atoms with E-state index >= 15 is 0 Å². The molecule has 1 aromatic rings. The third-order valence-corrected chi connectivity index (χ3v) is 2.24. The maximum absolute atomic E-state index is 10.5. The van der Waals surface area contributed by atoms with Gasteiger partial charge in [0.15, 0.2) is 0 Å². The summed E-state index contributed by atoms with van der Waals surface area (Å²) in [6.45, 7) is 0. The van der Waals surface area contributed by atoms with Gasteiger partial charge in [-0.2, -0.15) is 0 Å². The average Bonchev–Trinajstić information content (AvgIpc) is 2.33. The molecule has 1 rings (SSSR count). The molecule has 0 spiro atoms. The Morgan fingerprint density at radius 3 is 2.82 bits per heavy atom. The highest BCUT2D eigenvalue weighted by Gasteiger charge is 2.00. The second kappa shape index (κ2) is 6.76. The maximum atomic E-state index is 10.5. The molecule has 0 saturated heterocycles. The van der Waals surface area contributed by atoms with E-state index in [2.05, 4.69) is 0 Å². The number of aliphatic carboxylic acids is 1. The SMILES string of the molecule is COc1ccc(C=CCCl)cc1/C=C/C(=O)O. The van der Waals surface area contributed by atoms with Gasteiger partial charge in [-0.1, -0.05) is 18.2 Å². The number of ether oxygens (including phenoxy) is 1. The molecule has 0 amide bonds. The van der Waals surface area contributed by atoms with Gasteiger partial charge in [0.05, 0.1) is 7.11 Å². The minimum absolute atomic E-state index is 0.437. The predicted molar refractivity (Wildman–Crippen MR) is 69.4 cm³/mol. The van der Waals surface area contributed by atoms with E-state index in [0.29, 0.717) is 17.2 Å². The minimum atomic E-state index is -0.992. The number of carbonyl (C=O) groups is 1. The molecule has 0 aromatic heterocycles. The topological polar surface area (TPSA) is 46.5 Å². The van der Waals surface area contributed by atoms with Crippen molar-refractivity contribution in [1.82, 2.24) is 0 Å². The summed E-state index contributed by atoms with van der Waals surface area (Å²) >= 11 is 5.55. The van der Waals surface area contributed by atoms with E-state index < -0.39 is 5.97 Å². The number of alkyl halides is 1. The van der Waals surface area contributed by atoms with Crippen LogP contribution in [0.2, 0.25) is 0 Å². The number of hydrogen-bond acceptors (Lipinski definition) is 2. The van der Waals surface area contributed by atoms with E-state index in [1.807, 2.05) is 24.3 Å². The first-order valence-corrected chi connectivity index (χ1v) is 5.52. The van der Waals surface area contributed by atoms with Crippen LogP contribution in [0.3, 0.4) is 0 Å². The van der Waals surface area contributed by atoms with Crippen molar-refractivity contribution >= 4 is 29.7 Å². The maximum Gasteiger partial charge on any atom is 0.328 e. The summed E-state index contributed by atoms with van der Waals surface area (Å²) in [5.41, 5.74) is 1.66. The molecule has 0 aliphatic carbocycles. The predicted octanol–water partition coefficient (Wildman–Crippen LogP) is 3.05. The second-order valence-electron chi connectivity index (χ2n) is 3.23. The van der Waals surface area contributed by atoms with Crippen molar-refractivity contribution in [3.8, 4) is 5.75 Å². The Morgan fingerprint density at radius 1 is 1.47 bits per heavy atom. The molecule has 1 aromatic carbocycles. The van der Waals surface area contributed by atoms with Gasteiger partial charge in [0, 0.05) is 17.5 Å². The van der Waals surface area contributed by atoms with E-state index in [-0.39, 0.29) is 0 Å². The summed E-state index contributed by atoms with van der Waals surface area (Å²) < 4.78 is 5.14. The lowest BCUT2D eigenvalue weighted by Gasteiger charge is -2.05. The number of benzene rings is 1. The van der Waals surface area contributed by atoms with Crippen LogP contribution in [-0.4, -0.2) is 24.1 Å². The van der Waals surface area contributed by atoms with Gasteiger partial charge < -0.3 is 9.84 Å². The molecule has 0 atom stereocenters. The van der Waals surface area contributed by atoms with Gasteiger partial charge in [-0.05, 0) is 23.8 Å².